The molecule has 15 rings (SSSR count). The Hall–Kier alpha value is -12.4. The summed E-state index contributed by atoms with van der Waals surface area (Å²) in [5, 5.41) is 28.4. The third-order valence-corrected chi connectivity index (χ3v) is 26.7. The molecule has 0 spiro atoms. The molecule has 696 valence electrons. The molecule has 135 heavy (non-hydrogen) atoms. The molecule has 3 fully saturated rings. The smallest absolute Gasteiger partial charge is 0.276 e. The quantitative estimate of drug-likeness (QED) is 0.0282. The van der Waals surface area contributed by atoms with Gasteiger partial charge in [-0.3, -0.25) is 57.4 Å². The third kappa shape index (κ3) is 17.9. The van der Waals surface area contributed by atoms with Crippen LogP contribution in [0.5, 0.6) is 0 Å². The number of aromatic nitrogens is 9. The summed E-state index contributed by atoms with van der Waals surface area (Å²) >= 11 is 63.7. The summed E-state index contributed by atoms with van der Waals surface area (Å²) in [5.74, 6) is -7.91. The van der Waals surface area contributed by atoms with Gasteiger partial charge in [-0.05, 0) is 110 Å². The van der Waals surface area contributed by atoms with E-state index in [1.807, 2.05) is 53.4 Å². The van der Waals surface area contributed by atoms with Gasteiger partial charge in [0.2, 0.25) is 17.7 Å². The number of fused-ring (bicyclic) bond motifs is 3. The van der Waals surface area contributed by atoms with E-state index in [1.54, 1.807) is 75.1 Å². The predicted octanol–water partition coefficient (Wildman–Crippen LogP) is 19.7. The molecule has 0 atom stereocenters. The Labute approximate surface area is 818 Å². The minimum absolute atomic E-state index is 0.00442. The van der Waals surface area contributed by atoms with Gasteiger partial charge in [0.1, 0.15) is 66.9 Å². The fraction of sp³-hybridized carbons (Fsp3) is 0.258. The average Bonchev–Trinajstić information content (AvgIpc) is 0.728. The number of nitrogens with zero attached hydrogens (tertiary/aromatic N) is 18. The summed E-state index contributed by atoms with van der Waals surface area (Å²) in [7, 11) is 0. The number of carbonyl (C=O) groups excluding carboxylic acids is 3. The number of hydrogen-bond donors (Lipinski definition) is 3. The van der Waals surface area contributed by atoms with Gasteiger partial charge in [0.25, 0.3) is 16.7 Å². The van der Waals surface area contributed by atoms with Crippen molar-refractivity contribution in [1.29, 1.82) is 15.8 Å². The number of nitrogens with two attached hydrogens (primary N) is 3. The molecular formula is C93H78Cl10F5N21O6. The largest absolute Gasteiger partial charge is 0.396 e. The molecule has 0 aliphatic carbocycles. The highest BCUT2D eigenvalue weighted by atomic mass is 35.5. The Bertz CT molecular complexity index is 6650. The zero-order valence-corrected chi connectivity index (χ0v) is 80.7. The van der Waals surface area contributed by atoms with Crippen LogP contribution in [0.1, 0.15) is 110 Å². The lowest BCUT2D eigenvalue weighted by molar-refractivity contribution is -0.127. The molecule has 0 unspecified atom stereocenters. The maximum Gasteiger partial charge on any atom is 0.276 e. The van der Waals surface area contributed by atoms with E-state index < -0.39 is 98.4 Å². The number of amides is 3. The second-order valence-corrected chi connectivity index (χ2v) is 36.1. The van der Waals surface area contributed by atoms with Gasteiger partial charge in [0.05, 0.1) is 132 Å². The van der Waals surface area contributed by atoms with Crippen LogP contribution in [0, 0.1) is 83.9 Å². The Kier molecular flexibility index (Phi) is 29.9. The lowest BCUT2D eigenvalue weighted by atomic mass is 10.0. The van der Waals surface area contributed by atoms with Crippen molar-refractivity contribution < 1.29 is 36.3 Å². The number of nitriles is 3. The first-order valence-electron chi connectivity index (χ1n) is 41.3. The average molecular weight is 2040 g/mol. The van der Waals surface area contributed by atoms with Gasteiger partial charge >= 0.3 is 0 Å². The number of pyridine rings is 9. The van der Waals surface area contributed by atoms with Crippen LogP contribution in [0.3, 0.4) is 0 Å². The summed E-state index contributed by atoms with van der Waals surface area (Å²) in [6.07, 6.45) is 8.53. The van der Waals surface area contributed by atoms with Crippen molar-refractivity contribution in [1.82, 2.24) is 58.3 Å². The number of hydrogen-bond acceptors (Lipinski definition) is 21. The van der Waals surface area contributed by atoms with E-state index in [0.29, 0.717) is 114 Å². The Morgan fingerprint density at radius 3 is 0.867 bits per heavy atom. The van der Waals surface area contributed by atoms with Crippen LogP contribution in [0.25, 0.3) is 83.9 Å². The highest BCUT2D eigenvalue weighted by molar-refractivity contribution is 6.46. The second kappa shape index (κ2) is 40.3. The molecule has 3 aromatic carbocycles. The Morgan fingerprint density at radius 2 is 0.622 bits per heavy atom. The summed E-state index contributed by atoms with van der Waals surface area (Å²) < 4.78 is 79.5. The van der Waals surface area contributed by atoms with Crippen LogP contribution in [0.2, 0.25) is 50.2 Å². The molecule has 3 aliphatic heterocycles. The number of piperazine rings is 3. The van der Waals surface area contributed by atoms with Gasteiger partial charge in [-0.15, -0.1) is 0 Å². The fourth-order valence-corrected chi connectivity index (χ4v) is 19.1. The number of aryl methyl sites for hydroxylation is 3. The zero-order chi connectivity index (χ0) is 98.7. The third-order valence-electron chi connectivity index (χ3n) is 23.2. The lowest BCUT2D eigenvalue weighted by Gasteiger charge is -2.36. The Balaban J connectivity index is 0.000000171. The molecule has 27 nitrogen and oxygen atoms in total. The summed E-state index contributed by atoms with van der Waals surface area (Å²) in [6.45, 7) is 31.0. The fourth-order valence-electron chi connectivity index (χ4n) is 16.5. The van der Waals surface area contributed by atoms with Crippen molar-refractivity contribution in [2.24, 2.45) is 0 Å². The van der Waals surface area contributed by atoms with Gasteiger partial charge in [-0.1, -0.05) is 177 Å². The second-order valence-electron chi connectivity index (χ2n) is 32.2. The minimum atomic E-state index is -1.44. The number of anilines is 6. The maximum absolute atomic E-state index is 15.5. The minimum Gasteiger partial charge on any atom is -0.396 e. The van der Waals surface area contributed by atoms with E-state index in [1.165, 1.54) is 50.1 Å². The number of benzene rings is 3. The number of rotatable bonds is 15. The molecule has 0 radical (unpaired) electrons. The van der Waals surface area contributed by atoms with Crippen molar-refractivity contribution >= 4 is 201 Å². The molecule has 3 aliphatic rings. The topological polar surface area (TPSA) is 363 Å². The number of carbonyl (C=O) groups is 3. The molecule has 6 N–H and O–H groups in total. The first-order chi connectivity index (χ1) is 64.0. The van der Waals surface area contributed by atoms with Crippen molar-refractivity contribution in [2.45, 2.75) is 80.1 Å². The SMILES string of the molecule is C=CC(=O)N1CCN(c2c(C#N)c(=O)n(-c3c(C)ccnc3C(C)C)c3nc(-c4c(Cl)c(N)c(Cl)c(F)c4Cl)c(Cl)cc23)CC1.C=CC(=O)N1CCN(c2c(C#N)c(=O)n(-c3c(C)ccnc3C(C)C)c3nc(-c4c(F)c(F)c(Cl)c(N)c4Cl)c(Cl)cc23)CC1.C=CC(=O)N1CCN(c2c(C#N)c(=O)n(-c3c(C)ccnc3C(C)C)c3nc(-c4c(F)c(F)c(Cl)c(N)c4Cl)c(Cl)cc23)CC1. The van der Waals surface area contributed by atoms with Crippen molar-refractivity contribution in [3.05, 3.63) is 254 Å². The van der Waals surface area contributed by atoms with E-state index >= 15 is 13.2 Å². The summed E-state index contributed by atoms with van der Waals surface area (Å²) in [5.41, 5.74) is 17.9. The first-order valence-corrected chi connectivity index (χ1v) is 45.1. The van der Waals surface area contributed by atoms with Crippen LogP contribution in [0.15, 0.2) is 107 Å². The van der Waals surface area contributed by atoms with Crippen LogP contribution >= 0.6 is 116 Å². The molecule has 9 aromatic heterocycles. The molecule has 0 bridgehead atoms. The zero-order valence-electron chi connectivity index (χ0n) is 73.2. The standard InChI is InChI=1S/C31H26Cl4FN7O2.2C31H26Cl3F2N7O2/c1-5-19(44)41-8-10-42(11-9-41)29-16-12-18(32)27(20-21(33)24(36)23(35)25(38)22(20)34)40-30(16)43(31(45)17(29)13-37)28-15(4)6-7-39-26(28)14(2)3;2*1-5-19(44)41-8-10-42(11-9-41)29-16-12-18(32)27(20-21(33)25(38)22(34)24(36)23(20)35)40-30(16)43(31(45)17(29)13-37)28-15(4)6-7-39-26(28)14(2)3/h3*5-7,12,14H,1,8-11,38H2,2-4H3. The lowest BCUT2D eigenvalue weighted by Crippen LogP contribution is -2.49. The molecule has 12 heterocycles. The normalized spacial score (nSPS) is 13.4. The van der Waals surface area contributed by atoms with Gasteiger partial charge in [-0.2, -0.15) is 15.8 Å². The highest BCUT2D eigenvalue weighted by Gasteiger charge is 2.38. The number of halogens is 15. The van der Waals surface area contributed by atoms with Crippen LogP contribution in [-0.4, -0.2) is 155 Å². The van der Waals surface area contributed by atoms with E-state index in [0.717, 1.165) is 0 Å². The van der Waals surface area contributed by atoms with Gasteiger partial charge < -0.3 is 46.6 Å². The maximum atomic E-state index is 15.5. The van der Waals surface area contributed by atoms with E-state index in [9.17, 15) is 53.3 Å². The molecule has 42 heteroatoms. The predicted molar refractivity (Wildman–Crippen MR) is 522 cm³/mol. The molecule has 0 saturated carbocycles. The monoisotopic (exact) mass is 2030 g/mol. The van der Waals surface area contributed by atoms with Gasteiger partial charge in [0.15, 0.2) is 29.1 Å². The van der Waals surface area contributed by atoms with Gasteiger partial charge in [-0.25, -0.2) is 36.9 Å². The first kappa shape index (κ1) is 100. The van der Waals surface area contributed by atoms with Crippen LogP contribution in [-0.2, 0) is 14.4 Å². The molecule has 3 saturated heterocycles. The molecule has 3 amide bonds. The van der Waals surface area contributed by atoms with E-state index in [-0.39, 0.29) is 166 Å². The van der Waals surface area contributed by atoms with Crippen LogP contribution in [0.4, 0.5) is 56.1 Å². The number of nitrogen functional groups attached to an aromatic ring is 3. The van der Waals surface area contributed by atoms with Crippen molar-refractivity contribution in [3.8, 4) is 69.0 Å². The molecule has 12 aromatic rings. The van der Waals surface area contributed by atoms with Crippen LogP contribution < -0.4 is 48.6 Å². The van der Waals surface area contributed by atoms with Crippen molar-refractivity contribution in [3.63, 3.8) is 0 Å². The van der Waals surface area contributed by atoms with E-state index in [4.69, 9.17) is 138 Å². The van der Waals surface area contributed by atoms with E-state index in [2.05, 4.69) is 62.9 Å². The highest BCUT2D eigenvalue weighted by Crippen LogP contribution is 2.51. The molecular weight excluding hydrogens is 1960 g/mol. The summed E-state index contributed by atoms with van der Waals surface area (Å²) in [4.78, 5) is 118. The van der Waals surface area contributed by atoms with Crippen molar-refractivity contribution in [2.75, 3.05) is 110 Å². The van der Waals surface area contributed by atoms with Gasteiger partial charge in [0, 0.05) is 119 Å². The Morgan fingerprint density at radius 1 is 0.378 bits per heavy atom. The summed E-state index contributed by atoms with van der Waals surface area (Å²) in [6, 6.07) is 15.7.